The molecule has 0 bridgehead atoms. The zero-order chi connectivity index (χ0) is 20.0. The molecule has 29 heavy (non-hydrogen) atoms. The molecule has 1 aliphatic carbocycles. The minimum Gasteiger partial charge on any atom is -0.382 e. The summed E-state index contributed by atoms with van der Waals surface area (Å²) in [5, 5.41) is 4.82. The Morgan fingerprint density at radius 2 is 1.93 bits per heavy atom. The number of anilines is 2. The number of nitrogens with one attached hydrogen (secondary N) is 1. The number of pyridine rings is 1. The summed E-state index contributed by atoms with van der Waals surface area (Å²) in [5.74, 6) is 0.929. The summed E-state index contributed by atoms with van der Waals surface area (Å²) >= 11 is 0. The van der Waals surface area contributed by atoms with Gasteiger partial charge in [0.05, 0.1) is 16.2 Å². The summed E-state index contributed by atoms with van der Waals surface area (Å²) in [6.07, 6.45) is 3.66. The van der Waals surface area contributed by atoms with Crippen molar-refractivity contribution in [2.75, 3.05) is 22.5 Å². The summed E-state index contributed by atoms with van der Waals surface area (Å²) in [5.41, 5.74) is 4.08. The number of aromatic nitrogens is 1. The molecule has 5 nitrogen and oxygen atoms in total. The van der Waals surface area contributed by atoms with E-state index in [1.807, 2.05) is 12.1 Å². The zero-order valence-electron chi connectivity index (χ0n) is 16.6. The lowest BCUT2D eigenvalue weighted by atomic mass is 9.92. The Morgan fingerprint density at radius 1 is 1.10 bits per heavy atom. The van der Waals surface area contributed by atoms with Gasteiger partial charge in [0.15, 0.2) is 9.84 Å². The molecule has 2 aliphatic rings. The Morgan fingerprint density at radius 3 is 2.72 bits per heavy atom. The number of hydrogen-bond donors (Lipinski definition) is 1. The monoisotopic (exact) mass is 407 g/mol. The third-order valence-electron chi connectivity index (χ3n) is 6.04. The first-order chi connectivity index (χ1) is 14.0. The lowest BCUT2D eigenvalue weighted by Gasteiger charge is -2.29. The fourth-order valence-electron chi connectivity index (χ4n) is 4.14. The number of aryl methyl sites for hydroxylation is 1. The normalized spacial score (nSPS) is 18.7. The van der Waals surface area contributed by atoms with E-state index in [4.69, 9.17) is 4.98 Å². The zero-order valence-corrected chi connectivity index (χ0v) is 17.4. The maximum Gasteiger partial charge on any atom is 0.180 e. The van der Waals surface area contributed by atoms with Crippen LogP contribution in [-0.4, -0.2) is 31.7 Å². The van der Waals surface area contributed by atoms with Gasteiger partial charge in [0.2, 0.25) is 0 Å². The average Bonchev–Trinajstić information content (AvgIpc) is 2.81. The molecule has 0 saturated heterocycles. The van der Waals surface area contributed by atoms with E-state index in [9.17, 15) is 8.42 Å². The average molecular weight is 408 g/mol. The minimum absolute atomic E-state index is 0.100. The minimum atomic E-state index is -3.28. The van der Waals surface area contributed by atoms with Gasteiger partial charge in [-0.05, 0) is 49.9 Å². The SMILES string of the molecule is Cc1ccc2nc(N3CCS(=O)(=O)c4ccccc4C3)cc(NC3CCC3)c2c1. The Kier molecular flexibility index (Phi) is 4.46. The Hall–Kier alpha value is -2.60. The second kappa shape index (κ2) is 7.02. The predicted octanol–water partition coefficient (Wildman–Crippen LogP) is 4.30. The second-order valence-electron chi connectivity index (χ2n) is 8.17. The molecular formula is C23H25N3O2S. The van der Waals surface area contributed by atoms with Gasteiger partial charge >= 0.3 is 0 Å². The van der Waals surface area contributed by atoms with Crippen molar-refractivity contribution < 1.29 is 8.42 Å². The molecule has 1 fully saturated rings. The summed E-state index contributed by atoms with van der Waals surface area (Å²) < 4.78 is 25.4. The molecule has 2 heterocycles. The fourth-order valence-corrected chi connectivity index (χ4v) is 5.64. The van der Waals surface area contributed by atoms with E-state index in [0.717, 1.165) is 28.0 Å². The van der Waals surface area contributed by atoms with Crippen molar-refractivity contribution in [1.82, 2.24) is 4.98 Å². The van der Waals surface area contributed by atoms with E-state index in [1.165, 1.54) is 24.8 Å². The summed E-state index contributed by atoms with van der Waals surface area (Å²) in [6, 6.07) is 16.2. The van der Waals surface area contributed by atoms with E-state index in [0.29, 0.717) is 24.0 Å². The van der Waals surface area contributed by atoms with E-state index < -0.39 is 9.84 Å². The van der Waals surface area contributed by atoms with E-state index >= 15 is 0 Å². The molecule has 0 spiro atoms. The summed E-state index contributed by atoms with van der Waals surface area (Å²) in [6.45, 7) is 3.07. The molecule has 1 saturated carbocycles. The van der Waals surface area contributed by atoms with E-state index in [-0.39, 0.29) is 5.75 Å². The van der Waals surface area contributed by atoms with E-state index in [2.05, 4.69) is 41.4 Å². The molecule has 1 aliphatic heterocycles. The Bertz CT molecular complexity index is 1190. The Labute approximate surface area is 171 Å². The van der Waals surface area contributed by atoms with Gasteiger partial charge in [0, 0.05) is 36.3 Å². The van der Waals surface area contributed by atoms with Gasteiger partial charge in [0.25, 0.3) is 0 Å². The first-order valence-corrected chi connectivity index (χ1v) is 11.9. The summed E-state index contributed by atoms with van der Waals surface area (Å²) in [4.78, 5) is 7.45. The van der Waals surface area contributed by atoms with Gasteiger partial charge < -0.3 is 10.2 Å². The molecule has 1 aromatic heterocycles. The highest BCUT2D eigenvalue weighted by Gasteiger charge is 2.26. The molecule has 6 heteroatoms. The molecular weight excluding hydrogens is 382 g/mol. The van der Waals surface area contributed by atoms with Crippen molar-refractivity contribution in [3.8, 4) is 0 Å². The standard InChI is InChI=1S/C23H25N3O2S/c1-16-9-10-20-19(13-16)21(24-18-6-4-7-18)14-23(25-20)26-11-12-29(27,28)22-8-3-2-5-17(22)15-26/h2-3,5,8-10,13-14,18H,4,6-7,11-12,15H2,1H3,(H,24,25). The van der Waals surface area contributed by atoms with Gasteiger partial charge in [0.1, 0.15) is 5.82 Å². The number of rotatable bonds is 3. The highest BCUT2D eigenvalue weighted by molar-refractivity contribution is 7.91. The molecule has 3 aromatic rings. The molecule has 150 valence electrons. The van der Waals surface area contributed by atoms with Crippen LogP contribution in [0.15, 0.2) is 53.4 Å². The van der Waals surface area contributed by atoms with Crippen LogP contribution in [0.1, 0.15) is 30.4 Å². The lowest BCUT2D eigenvalue weighted by Crippen LogP contribution is -2.28. The molecule has 0 amide bonds. The van der Waals surface area contributed by atoms with Crippen molar-refractivity contribution >= 4 is 32.2 Å². The van der Waals surface area contributed by atoms with Crippen LogP contribution < -0.4 is 10.2 Å². The van der Waals surface area contributed by atoms with Crippen molar-refractivity contribution in [1.29, 1.82) is 0 Å². The maximum atomic E-state index is 12.7. The predicted molar refractivity (Wildman–Crippen MR) is 117 cm³/mol. The van der Waals surface area contributed by atoms with Gasteiger partial charge in [-0.25, -0.2) is 13.4 Å². The van der Waals surface area contributed by atoms with Crippen LogP contribution in [0.2, 0.25) is 0 Å². The molecule has 2 aromatic carbocycles. The molecule has 5 rings (SSSR count). The first-order valence-electron chi connectivity index (χ1n) is 10.2. The van der Waals surface area contributed by atoms with Gasteiger partial charge in [-0.3, -0.25) is 0 Å². The molecule has 0 unspecified atom stereocenters. The fraction of sp³-hybridized carbons (Fsp3) is 0.348. The maximum absolute atomic E-state index is 12.7. The van der Waals surface area contributed by atoms with Gasteiger partial charge in [-0.1, -0.05) is 29.8 Å². The molecule has 0 atom stereocenters. The van der Waals surface area contributed by atoms with Crippen LogP contribution in [-0.2, 0) is 16.4 Å². The highest BCUT2D eigenvalue weighted by atomic mass is 32.2. The van der Waals surface area contributed by atoms with Gasteiger partial charge in [-0.15, -0.1) is 0 Å². The number of nitrogens with zero attached hydrogens (tertiary/aromatic N) is 2. The van der Waals surface area contributed by atoms with Crippen molar-refractivity contribution in [2.24, 2.45) is 0 Å². The second-order valence-corrected chi connectivity index (χ2v) is 10.2. The number of benzene rings is 2. The van der Waals surface area contributed by atoms with Crippen LogP contribution >= 0.6 is 0 Å². The first kappa shape index (κ1) is 18.4. The largest absolute Gasteiger partial charge is 0.382 e. The van der Waals surface area contributed by atoms with Gasteiger partial charge in [-0.2, -0.15) is 0 Å². The van der Waals surface area contributed by atoms with Crippen molar-refractivity contribution in [3.05, 3.63) is 59.7 Å². The number of sulfone groups is 1. The summed E-state index contributed by atoms with van der Waals surface area (Å²) in [7, 11) is -3.28. The van der Waals surface area contributed by atoms with Crippen LogP contribution in [0.3, 0.4) is 0 Å². The third-order valence-corrected chi connectivity index (χ3v) is 7.83. The number of hydrogen-bond acceptors (Lipinski definition) is 5. The number of fused-ring (bicyclic) bond motifs is 2. The van der Waals surface area contributed by atoms with Crippen LogP contribution in [0.4, 0.5) is 11.5 Å². The van der Waals surface area contributed by atoms with E-state index in [1.54, 1.807) is 12.1 Å². The topological polar surface area (TPSA) is 62.3 Å². The van der Waals surface area contributed by atoms with Crippen molar-refractivity contribution in [3.63, 3.8) is 0 Å². The van der Waals surface area contributed by atoms with Crippen molar-refractivity contribution in [2.45, 2.75) is 43.7 Å². The van der Waals surface area contributed by atoms with Crippen LogP contribution in [0, 0.1) is 6.92 Å². The smallest absolute Gasteiger partial charge is 0.180 e. The quantitative estimate of drug-likeness (QED) is 0.701. The molecule has 0 radical (unpaired) electrons. The van der Waals surface area contributed by atoms with Crippen LogP contribution in [0.5, 0.6) is 0 Å². The lowest BCUT2D eigenvalue weighted by molar-refractivity contribution is 0.446. The third kappa shape index (κ3) is 3.46. The van der Waals surface area contributed by atoms with Crippen LogP contribution in [0.25, 0.3) is 10.9 Å². The molecule has 1 N–H and O–H groups in total. The Balaban J connectivity index is 1.58. The highest BCUT2D eigenvalue weighted by Crippen LogP contribution is 2.33.